The van der Waals surface area contributed by atoms with Crippen molar-refractivity contribution in [3.05, 3.63) is 81.7 Å². The van der Waals surface area contributed by atoms with E-state index in [1.54, 1.807) is 11.3 Å². The van der Waals surface area contributed by atoms with E-state index in [4.69, 9.17) is 14.5 Å². The van der Waals surface area contributed by atoms with E-state index in [-0.39, 0.29) is 12.4 Å². The van der Waals surface area contributed by atoms with Gasteiger partial charge in [0.2, 0.25) is 0 Å². The van der Waals surface area contributed by atoms with E-state index in [1.165, 1.54) is 30.4 Å². The van der Waals surface area contributed by atoms with Gasteiger partial charge in [-0.15, -0.1) is 21.5 Å². The molecule has 2 aliphatic rings. The van der Waals surface area contributed by atoms with E-state index >= 15 is 0 Å². The van der Waals surface area contributed by atoms with Gasteiger partial charge in [0.15, 0.2) is 5.82 Å². The minimum Gasteiger partial charge on any atom is -0.493 e. The average Bonchev–Trinajstić information content (AvgIpc) is 3.65. The van der Waals surface area contributed by atoms with Crippen LogP contribution in [0.15, 0.2) is 53.5 Å². The Labute approximate surface area is 226 Å². The predicted octanol–water partition coefficient (Wildman–Crippen LogP) is 6.17. The molecule has 7 nitrogen and oxygen atoms in total. The number of ether oxygens (including phenoxy) is 2. The highest BCUT2D eigenvalue weighted by atomic mass is 32.1. The van der Waals surface area contributed by atoms with E-state index in [1.807, 2.05) is 23.6 Å². The fraction of sp³-hybridized carbons (Fsp3) is 0.333. The lowest BCUT2D eigenvalue weighted by Gasteiger charge is -2.12. The first-order valence-electron chi connectivity index (χ1n) is 12.9. The summed E-state index contributed by atoms with van der Waals surface area (Å²) in [6.45, 7) is 6.98. The number of thiophene rings is 1. The fourth-order valence-electron chi connectivity index (χ4n) is 4.85. The van der Waals surface area contributed by atoms with Crippen LogP contribution in [0, 0.1) is 26.7 Å². The number of aliphatic imine (C=N–C) groups is 1. The third-order valence-electron chi connectivity index (χ3n) is 7.34. The maximum Gasteiger partial charge on any atom is 0.308 e. The van der Waals surface area contributed by atoms with Crippen molar-refractivity contribution in [1.29, 1.82) is 0 Å². The molecule has 1 fully saturated rings. The molecular formula is C30H30N4O3S. The summed E-state index contributed by atoms with van der Waals surface area (Å²) in [7, 11) is 1.40. The first-order valence-corrected chi connectivity index (χ1v) is 13.8. The van der Waals surface area contributed by atoms with Crippen LogP contribution in [0.25, 0.3) is 16.1 Å². The molecule has 1 saturated carbocycles. The monoisotopic (exact) mass is 526 g/mol. The maximum absolute atomic E-state index is 12.3. The SMILES string of the molecule is COC(=O)C[C@@H]1N=C(c2ccc(-c3cccc(OCC4CC4)c3)cc2)c2c(sc(C)c2C)-n2c(C)nnc21. The summed E-state index contributed by atoms with van der Waals surface area (Å²) in [4.78, 5) is 18.7. The van der Waals surface area contributed by atoms with E-state index in [0.29, 0.717) is 11.7 Å². The van der Waals surface area contributed by atoms with Crippen molar-refractivity contribution in [3.63, 3.8) is 0 Å². The molecule has 0 radical (unpaired) electrons. The van der Waals surface area contributed by atoms with E-state index in [0.717, 1.165) is 51.1 Å². The number of fused-ring (bicyclic) bond motifs is 3. The Balaban J connectivity index is 1.40. The van der Waals surface area contributed by atoms with Crippen LogP contribution in [0.1, 0.15) is 58.5 Å². The predicted molar refractivity (Wildman–Crippen MR) is 149 cm³/mol. The number of carbonyl (C=O) groups is 1. The van der Waals surface area contributed by atoms with Gasteiger partial charge in [-0.2, -0.15) is 0 Å². The van der Waals surface area contributed by atoms with Crippen molar-refractivity contribution in [1.82, 2.24) is 14.8 Å². The highest BCUT2D eigenvalue weighted by Crippen LogP contribution is 2.40. The zero-order chi connectivity index (χ0) is 26.4. The third kappa shape index (κ3) is 4.53. The van der Waals surface area contributed by atoms with Gasteiger partial charge in [-0.25, -0.2) is 0 Å². The van der Waals surface area contributed by atoms with Gasteiger partial charge >= 0.3 is 5.97 Å². The summed E-state index contributed by atoms with van der Waals surface area (Å²) >= 11 is 1.70. The second-order valence-corrected chi connectivity index (χ2v) is 11.2. The maximum atomic E-state index is 12.3. The number of methoxy groups -OCH3 is 1. The van der Waals surface area contributed by atoms with Crippen LogP contribution in [0.3, 0.4) is 0 Å². The van der Waals surface area contributed by atoms with Gasteiger partial charge in [-0.05, 0) is 68.4 Å². The van der Waals surface area contributed by atoms with Gasteiger partial charge in [0.25, 0.3) is 0 Å². The van der Waals surface area contributed by atoms with Crippen LogP contribution >= 0.6 is 11.3 Å². The van der Waals surface area contributed by atoms with Crippen molar-refractivity contribution in [2.45, 2.75) is 46.1 Å². The van der Waals surface area contributed by atoms with Crippen molar-refractivity contribution in [3.8, 4) is 21.9 Å². The average molecular weight is 527 g/mol. The summed E-state index contributed by atoms with van der Waals surface area (Å²) in [6, 6.07) is 16.2. The summed E-state index contributed by atoms with van der Waals surface area (Å²) in [5.74, 6) is 2.72. The van der Waals surface area contributed by atoms with Crippen molar-refractivity contribution in [2.75, 3.05) is 13.7 Å². The number of hydrogen-bond donors (Lipinski definition) is 0. The molecule has 0 amide bonds. The Morgan fingerprint density at radius 2 is 1.79 bits per heavy atom. The first kappa shape index (κ1) is 24.6. The molecule has 2 aromatic heterocycles. The number of carbonyl (C=O) groups excluding carboxylic acids is 1. The van der Waals surface area contributed by atoms with Gasteiger partial charge in [-0.1, -0.05) is 36.4 Å². The number of benzene rings is 2. The molecule has 0 spiro atoms. The second-order valence-electron chi connectivity index (χ2n) is 10.0. The van der Waals surface area contributed by atoms with Gasteiger partial charge < -0.3 is 9.47 Å². The molecule has 6 rings (SSSR count). The fourth-order valence-corrected chi connectivity index (χ4v) is 6.06. The molecule has 4 aromatic rings. The molecule has 0 N–H and O–H groups in total. The smallest absolute Gasteiger partial charge is 0.308 e. The molecule has 0 bridgehead atoms. The van der Waals surface area contributed by atoms with Gasteiger partial charge in [-0.3, -0.25) is 14.4 Å². The van der Waals surface area contributed by atoms with Crippen molar-refractivity contribution in [2.24, 2.45) is 10.9 Å². The van der Waals surface area contributed by atoms with Crippen LogP contribution in [0.4, 0.5) is 0 Å². The Kier molecular flexibility index (Phi) is 6.35. The summed E-state index contributed by atoms with van der Waals surface area (Å²) in [5.41, 5.74) is 6.30. The van der Waals surface area contributed by atoms with Gasteiger partial charge in [0, 0.05) is 16.0 Å². The number of aryl methyl sites for hydroxylation is 2. The van der Waals surface area contributed by atoms with Crippen LogP contribution in [0.5, 0.6) is 5.75 Å². The second kappa shape index (κ2) is 9.83. The zero-order valence-electron chi connectivity index (χ0n) is 22.0. The Bertz CT molecular complexity index is 1550. The zero-order valence-corrected chi connectivity index (χ0v) is 22.8. The van der Waals surface area contributed by atoms with Crippen LogP contribution in [-0.4, -0.2) is 40.2 Å². The quantitative estimate of drug-likeness (QED) is 0.269. The molecule has 38 heavy (non-hydrogen) atoms. The number of aromatic nitrogens is 3. The Morgan fingerprint density at radius 1 is 1.03 bits per heavy atom. The minimum atomic E-state index is -0.502. The van der Waals surface area contributed by atoms with Crippen LogP contribution in [-0.2, 0) is 9.53 Å². The minimum absolute atomic E-state index is 0.0941. The lowest BCUT2D eigenvalue weighted by molar-refractivity contribution is -0.141. The molecular weight excluding hydrogens is 496 g/mol. The Hall–Kier alpha value is -3.78. The van der Waals surface area contributed by atoms with Crippen LogP contribution < -0.4 is 4.74 Å². The molecule has 1 aliphatic heterocycles. The summed E-state index contributed by atoms with van der Waals surface area (Å²) < 4.78 is 13.0. The van der Waals surface area contributed by atoms with E-state index in [2.05, 4.69) is 60.4 Å². The Morgan fingerprint density at radius 3 is 2.53 bits per heavy atom. The molecule has 0 saturated heterocycles. The molecule has 1 aliphatic carbocycles. The standard InChI is InChI=1S/C30H30N4O3S/c1-17-18(2)38-30-27(17)28(31-25(15-26(35)36-4)29-33-32-19(3)34(29)30)22-12-10-21(11-13-22)23-6-5-7-24(14-23)37-16-20-8-9-20/h5-7,10-14,20,25H,8-9,15-16H2,1-4H3/t25-/m0/s1. The molecule has 194 valence electrons. The van der Waals surface area contributed by atoms with Crippen molar-refractivity contribution < 1.29 is 14.3 Å². The lowest BCUT2D eigenvalue weighted by Crippen LogP contribution is -2.12. The molecule has 2 aromatic carbocycles. The van der Waals surface area contributed by atoms with E-state index < -0.39 is 6.04 Å². The largest absolute Gasteiger partial charge is 0.493 e. The number of hydrogen-bond acceptors (Lipinski definition) is 7. The molecule has 1 atom stereocenters. The molecule has 0 unspecified atom stereocenters. The van der Waals surface area contributed by atoms with Crippen molar-refractivity contribution >= 4 is 23.0 Å². The highest BCUT2D eigenvalue weighted by molar-refractivity contribution is 7.15. The number of esters is 1. The topological polar surface area (TPSA) is 78.6 Å². The van der Waals surface area contributed by atoms with Gasteiger partial charge in [0.1, 0.15) is 22.6 Å². The lowest BCUT2D eigenvalue weighted by atomic mass is 9.97. The third-order valence-corrected chi connectivity index (χ3v) is 8.53. The first-order chi connectivity index (χ1) is 18.4. The highest BCUT2D eigenvalue weighted by Gasteiger charge is 2.32. The summed E-state index contributed by atoms with van der Waals surface area (Å²) in [6.07, 6.45) is 2.64. The molecule has 3 heterocycles. The molecule has 8 heteroatoms. The summed E-state index contributed by atoms with van der Waals surface area (Å²) in [5, 5.41) is 9.80. The van der Waals surface area contributed by atoms with Crippen LogP contribution in [0.2, 0.25) is 0 Å². The number of nitrogens with zero attached hydrogens (tertiary/aromatic N) is 4. The normalized spacial score (nSPS) is 16.3. The number of rotatable bonds is 7. The van der Waals surface area contributed by atoms with E-state index in [9.17, 15) is 4.79 Å². The van der Waals surface area contributed by atoms with Gasteiger partial charge in [0.05, 0.1) is 25.8 Å².